The number of nitro benzene ring substituents is 1. The molecule has 142 valence electrons. The molecule has 10 nitrogen and oxygen atoms in total. The van der Waals surface area contributed by atoms with Crippen molar-refractivity contribution in [2.24, 2.45) is 0 Å². The van der Waals surface area contributed by atoms with E-state index in [1.807, 2.05) is 31.2 Å². The second-order valence-electron chi connectivity index (χ2n) is 5.73. The van der Waals surface area contributed by atoms with E-state index in [1.165, 1.54) is 23.9 Å². The lowest BCUT2D eigenvalue weighted by Crippen LogP contribution is -2.14. The molecule has 3 aromatic rings. The number of anilines is 1. The molecule has 28 heavy (non-hydrogen) atoms. The number of aromatic nitrogens is 2. The van der Waals surface area contributed by atoms with Crippen molar-refractivity contribution in [3.05, 3.63) is 80.1 Å². The lowest BCUT2D eigenvalue weighted by atomic mass is 10.2. The van der Waals surface area contributed by atoms with Gasteiger partial charge in [0.1, 0.15) is 6.20 Å². The quantitative estimate of drug-likeness (QED) is 0.472. The molecule has 0 spiro atoms. The standard InChI is InChI=1S/C17H13N5O5S/c1-10-2-4-13(5-3-10)28-14-7-11(6-12(8-14)21(24)25)19-17(23)16-15(22(26)27)9-18-20-16/h2-9H,1H3,(H,18,20)(H,19,23). The van der Waals surface area contributed by atoms with Crippen molar-refractivity contribution in [2.45, 2.75) is 16.7 Å². The van der Waals surface area contributed by atoms with Crippen LogP contribution in [0, 0.1) is 27.2 Å². The molecule has 0 aliphatic rings. The minimum Gasteiger partial charge on any atom is -0.320 e. The van der Waals surface area contributed by atoms with Crippen LogP contribution in [-0.2, 0) is 0 Å². The highest BCUT2D eigenvalue weighted by molar-refractivity contribution is 7.99. The van der Waals surface area contributed by atoms with E-state index in [0.29, 0.717) is 4.90 Å². The highest BCUT2D eigenvalue weighted by Gasteiger charge is 2.23. The second kappa shape index (κ2) is 7.88. The molecule has 0 radical (unpaired) electrons. The molecule has 2 aromatic carbocycles. The fraction of sp³-hybridized carbons (Fsp3) is 0.0588. The zero-order valence-corrected chi connectivity index (χ0v) is 15.2. The first-order valence-electron chi connectivity index (χ1n) is 7.86. The summed E-state index contributed by atoms with van der Waals surface area (Å²) in [4.78, 5) is 34.6. The van der Waals surface area contributed by atoms with Crippen molar-refractivity contribution >= 4 is 34.7 Å². The summed E-state index contributed by atoms with van der Waals surface area (Å²) in [7, 11) is 0. The number of carbonyl (C=O) groups excluding carboxylic acids is 1. The average Bonchev–Trinajstić information content (AvgIpc) is 3.14. The molecule has 1 amide bonds. The van der Waals surface area contributed by atoms with Gasteiger partial charge in [0.05, 0.1) is 9.85 Å². The predicted octanol–water partition coefficient (Wildman–Crippen LogP) is 3.94. The molecule has 0 fully saturated rings. The summed E-state index contributed by atoms with van der Waals surface area (Å²) in [6, 6.07) is 11.7. The topological polar surface area (TPSA) is 144 Å². The minimum atomic E-state index is -0.823. The molecule has 0 aliphatic carbocycles. The third-order valence-corrected chi connectivity index (χ3v) is 4.64. The maximum Gasteiger partial charge on any atom is 0.319 e. The number of carbonyl (C=O) groups is 1. The molecule has 0 atom stereocenters. The smallest absolute Gasteiger partial charge is 0.319 e. The number of hydrogen-bond acceptors (Lipinski definition) is 7. The van der Waals surface area contributed by atoms with E-state index in [2.05, 4.69) is 15.5 Å². The number of nitrogens with one attached hydrogen (secondary N) is 2. The SMILES string of the molecule is Cc1ccc(Sc2cc(NC(=O)c3[nH]ncc3[N+](=O)[O-])cc([N+](=O)[O-])c2)cc1. The molecule has 0 saturated carbocycles. The Morgan fingerprint density at radius 3 is 2.43 bits per heavy atom. The van der Waals surface area contributed by atoms with E-state index in [0.717, 1.165) is 16.7 Å². The molecule has 0 unspecified atom stereocenters. The molecule has 0 saturated heterocycles. The first-order chi connectivity index (χ1) is 13.3. The maximum atomic E-state index is 12.3. The van der Waals surface area contributed by atoms with Gasteiger partial charge in [0.15, 0.2) is 0 Å². The number of rotatable bonds is 6. The zero-order valence-electron chi connectivity index (χ0n) is 14.4. The second-order valence-corrected chi connectivity index (χ2v) is 6.88. The van der Waals surface area contributed by atoms with Gasteiger partial charge in [-0.15, -0.1) is 0 Å². The van der Waals surface area contributed by atoms with Crippen LogP contribution in [0.1, 0.15) is 16.1 Å². The minimum absolute atomic E-state index is 0.137. The first kappa shape index (κ1) is 19.0. The summed E-state index contributed by atoms with van der Waals surface area (Å²) < 4.78 is 0. The molecule has 0 bridgehead atoms. The lowest BCUT2D eigenvalue weighted by Gasteiger charge is -2.07. The van der Waals surface area contributed by atoms with Gasteiger partial charge in [-0.2, -0.15) is 5.10 Å². The molecular formula is C17H13N5O5S. The van der Waals surface area contributed by atoms with Gasteiger partial charge in [0.2, 0.25) is 5.69 Å². The monoisotopic (exact) mass is 399 g/mol. The van der Waals surface area contributed by atoms with Crippen molar-refractivity contribution in [2.75, 3.05) is 5.32 Å². The largest absolute Gasteiger partial charge is 0.320 e. The Bertz CT molecular complexity index is 1060. The van der Waals surface area contributed by atoms with E-state index in [-0.39, 0.29) is 17.1 Å². The van der Waals surface area contributed by atoms with E-state index >= 15 is 0 Å². The Balaban J connectivity index is 1.89. The number of aromatic amines is 1. The fourth-order valence-electron chi connectivity index (χ4n) is 2.34. The molecule has 3 rings (SSSR count). The van der Waals surface area contributed by atoms with E-state index in [9.17, 15) is 25.0 Å². The molecular weight excluding hydrogens is 386 g/mol. The van der Waals surface area contributed by atoms with E-state index < -0.39 is 21.4 Å². The van der Waals surface area contributed by atoms with Crippen molar-refractivity contribution in [3.8, 4) is 0 Å². The van der Waals surface area contributed by atoms with Crippen LogP contribution in [0.25, 0.3) is 0 Å². The zero-order chi connectivity index (χ0) is 20.3. The van der Waals surface area contributed by atoms with Gasteiger partial charge in [-0.1, -0.05) is 29.5 Å². The van der Waals surface area contributed by atoms with Crippen LogP contribution in [0.3, 0.4) is 0 Å². The van der Waals surface area contributed by atoms with E-state index in [4.69, 9.17) is 0 Å². The Kier molecular flexibility index (Phi) is 5.36. The third kappa shape index (κ3) is 4.32. The highest BCUT2D eigenvalue weighted by Crippen LogP contribution is 2.33. The first-order valence-corrected chi connectivity index (χ1v) is 8.68. The van der Waals surface area contributed by atoms with Crippen molar-refractivity contribution in [3.63, 3.8) is 0 Å². The van der Waals surface area contributed by atoms with Crippen molar-refractivity contribution < 1.29 is 14.6 Å². The molecule has 1 aromatic heterocycles. The van der Waals surface area contributed by atoms with Crippen molar-refractivity contribution in [1.29, 1.82) is 0 Å². The van der Waals surface area contributed by atoms with Gasteiger partial charge in [0, 0.05) is 27.6 Å². The Morgan fingerprint density at radius 1 is 1.07 bits per heavy atom. The summed E-state index contributed by atoms with van der Waals surface area (Å²) in [6.45, 7) is 1.95. The molecule has 2 N–H and O–H groups in total. The van der Waals surface area contributed by atoms with Crippen LogP contribution in [0.2, 0.25) is 0 Å². The average molecular weight is 399 g/mol. The van der Waals surface area contributed by atoms with Crippen LogP contribution >= 0.6 is 11.8 Å². The lowest BCUT2D eigenvalue weighted by molar-refractivity contribution is -0.385. The summed E-state index contributed by atoms with van der Waals surface area (Å²) in [5.74, 6) is -0.823. The number of benzene rings is 2. The van der Waals surface area contributed by atoms with E-state index in [1.54, 1.807) is 6.07 Å². The number of nitro groups is 2. The van der Waals surface area contributed by atoms with Gasteiger partial charge < -0.3 is 5.32 Å². The van der Waals surface area contributed by atoms with Gasteiger partial charge in [-0.3, -0.25) is 30.1 Å². The van der Waals surface area contributed by atoms with Gasteiger partial charge >= 0.3 is 5.69 Å². The van der Waals surface area contributed by atoms with Crippen LogP contribution in [0.15, 0.2) is 58.5 Å². The number of amides is 1. The maximum absolute atomic E-state index is 12.3. The fourth-order valence-corrected chi connectivity index (χ4v) is 3.25. The Hall–Kier alpha value is -3.73. The van der Waals surface area contributed by atoms with Gasteiger partial charge in [-0.25, -0.2) is 0 Å². The van der Waals surface area contributed by atoms with Crippen LogP contribution in [0.4, 0.5) is 17.1 Å². The van der Waals surface area contributed by atoms with Crippen LogP contribution in [-0.4, -0.2) is 26.0 Å². The molecule has 0 aliphatic heterocycles. The highest BCUT2D eigenvalue weighted by atomic mass is 32.2. The van der Waals surface area contributed by atoms with Crippen molar-refractivity contribution in [1.82, 2.24) is 10.2 Å². The molecule has 1 heterocycles. The number of nitrogens with zero attached hydrogens (tertiary/aromatic N) is 3. The Labute approximate surface area is 162 Å². The number of H-pyrrole nitrogens is 1. The summed E-state index contributed by atoms with van der Waals surface area (Å²) in [5, 5.41) is 30.4. The summed E-state index contributed by atoms with van der Waals surface area (Å²) in [6.07, 6.45) is 0.918. The summed E-state index contributed by atoms with van der Waals surface area (Å²) in [5.41, 5.74) is 0.170. The normalized spacial score (nSPS) is 10.5. The van der Waals surface area contributed by atoms with Crippen LogP contribution in [0.5, 0.6) is 0 Å². The number of aryl methyl sites for hydroxylation is 1. The Morgan fingerprint density at radius 2 is 1.79 bits per heavy atom. The summed E-state index contributed by atoms with van der Waals surface area (Å²) >= 11 is 1.29. The number of hydrogen-bond donors (Lipinski definition) is 2. The predicted molar refractivity (Wildman–Crippen MR) is 102 cm³/mol. The molecule has 11 heteroatoms. The number of non-ortho nitro benzene ring substituents is 1. The van der Waals surface area contributed by atoms with Gasteiger partial charge in [0.25, 0.3) is 11.6 Å². The van der Waals surface area contributed by atoms with Crippen LogP contribution < -0.4 is 5.32 Å². The van der Waals surface area contributed by atoms with Gasteiger partial charge in [-0.05, 0) is 25.1 Å². The third-order valence-electron chi connectivity index (χ3n) is 3.66.